The number of rotatable bonds is 1. The molecular formula is C20H13N3. The van der Waals surface area contributed by atoms with E-state index in [0.29, 0.717) is 0 Å². The van der Waals surface area contributed by atoms with Crippen molar-refractivity contribution in [1.82, 2.24) is 14.5 Å². The molecular weight excluding hydrogens is 282 g/mol. The van der Waals surface area contributed by atoms with Crippen molar-refractivity contribution in [2.24, 2.45) is 0 Å². The van der Waals surface area contributed by atoms with Crippen LogP contribution in [0.25, 0.3) is 38.3 Å². The van der Waals surface area contributed by atoms with Gasteiger partial charge < -0.3 is 4.57 Å². The molecule has 0 fully saturated rings. The van der Waals surface area contributed by atoms with Crippen LogP contribution in [0.15, 0.2) is 79.4 Å². The topological polar surface area (TPSA) is 30.7 Å². The molecule has 5 aromatic rings. The molecule has 2 aromatic heterocycles. The number of fused-ring (bicyclic) bond motifs is 5. The Morgan fingerprint density at radius 2 is 1.39 bits per heavy atom. The molecule has 0 spiro atoms. The quantitative estimate of drug-likeness (QED) is 0.448. The Morgan fingerprint density at radius 1 is 0.652 bits per heavy atom. The molecule has 3 nitrogen and oxygen atoms in total. The average molecular weight is 295 g/mol. The van der Waals surface area contributed by atoms with Crippen molar-refractivity contribution in [3.63, 3.8) is 0 Å². The number of hydrogen-bond donors (Lipinski definition) is 0. The summed E-state index contributed by atoms with van der Waals surface area (Å²) in [4.78, 5) is 8.40. The first kappa shape index (κ1) is 12.4. The lowest BCUT2D eigenvalue weighted by molar-refractivity contribution is 1.08. The Morgan fingerprint density at radius 3 is 2.26 bits per heavy atom. The maximum absolute atomic E-state index is 4.20. The average Bonchev–Trinajstić information content (AvgIpc) is 2.97. The summed E-state index contributed by atoms with van der Waals surface area (Å²) in [5.41, 5.74) is 3.36. The van der Waals surface area contributed by atoms with Crippen LogP contribution in [0.4, 0.5) is 0 Å². The van der Waals surface area contributed by atoms with E-state index in [0.717, 1.165) is 5.69 Å². The highest BCUT2D eigenvalue weighted by atomic mass is 15.0. The second-order valence-electron chi connectivity index (χ2n) is 5.63. The van der Waals surface area contributed by atoms with Gasteiger partial charge in [-0.15, -0.1) is 0 Å². The molecule has 108 valence electrons. The zero-order valence-electron chi connectivity index (χ0n) is 12.3. The molecule has 0 radical (unpaired) electrons. The fourth-order valence-electron chi connectivity index (χ4n) is 3.41. The summed E-state index contributed by atoms with van der Waals surface area (Å²) in [5.74, 6) is 0. The Hall–Kier alpha value is -3.20. The van der Waals surface area contributed by atoms with E-state index in [1.165, 1.54) is 32.6 Å². The molecule has 0 bridgehead atoms. The number of aromatic nitrogens is 3. The lowest BCUT2D eigenvalue weighted by Gasteiger charge is -2.08. The highest BCUT2D eigenvalue weighted by molar-refractivity contribution is 6.18. The van der Waals surface area contributed by atoms with Crippen LogP contribution < -0.4 is 0 Å². The second-order valence-corrected chi connectivity index (χ2v) is 5.63. The maximum Gasteiger partial charge on any atom is 0.115 e. The van der Waals surface area contributed by atoms with Gasteiger partial charge in [-0.05, 0) is 11.5 Å². The van der Waals surface area contributed by atoms with Gasteiger partial charge in [0.1, 0.15) is 6.33 Å². The molecule has 3 heteroatoms. The van der Waals surface area contributed by atoms with Crippen molar-refractivity contribution >= 4 is 32.6 Å². The van der Waals surface area contributed by atoms with Crippen molar-refractivity contribution in [3.05, 3.63) is 79.4 Å². The summed E-state index contributed by atoms with van der Waals surface area (Å²) in [6.45, 7) is 0. The Labute approximate surface area is 132 Å². The third kappa shape index (κ3) is 1.70. The van der Waals surface area contributed by atoms with Gasteiger partial charge in [-0.3, -0.25) is 0 Å². The van der Waals surface area contributed by atoms with E-state index < -0.39 is 0 Å². The van der Waals surface area contributed by atoms with Crippen LogP contribution in [0, 0.1) is 0 Å². The molecule has 0 N–H and O–H groups in total. The third-order valence-electron chi connectivity index (χ3n) is 4.36. The minimum Gasteiger partial charge on any atom is -0.306 e. The summed E-state index contributed by atoms with van der Waals surface area (Å²) >= 11 is 0. The van der Waals surface area contributed by atoms with Crippen LogP contribution in [0.5, 0.6) is 0 Å². The van der Waals surface area contributed by atoms with Crippen LogP contribution in [-0.4, -0.2) is 14.5 Å². The van der Waals surface area contributed by atoms with Gasteiger partial charge in [0.25, 0.3) is 0 Å². The van der Waals surface area contributed by atoms with Gasteiger partial charge in [-0.1, -0.05) is 54.6 Å². The van der Waals surface area contributed by atoms with E-state index in [-0.39, 0.29) is 0 Å². The minimum absolute atomic E-state index is 0.982. The van der Waals surface area contributed by atoms with E-state index in [2.05, 4.69) is 75.2 Å². The molecule has 5 rings (SSSR count). The van der Waals surface area contributed by atoms with Crippen LogP contribution in [0.2, 0.25) is 0 Å². The first-order valence-corrected chi connectivity index (χ1v) is 7.60. The maximum atomic E-state index is 4.20. The highest BCUT2D eigenvalue weighted by Crippen LogP contribution is 2.35. The Kier molecular flexibility index (Phi) is 2.50. The van der Waals surface area contributed by atoms with Crippen molar-refractivity contribution in [3.8, 4) is 5.69 Å². The number of para-hydroxylation sites is 1. The normalized spacial score (nSPS) is 11.5. The Bertz CT molecular complexity index is 1160. The smallest absolute Gasteiger partial charge is 0.115 e. The monoisotopic (exact) mass is 295 g/mol. The van der Waals surface area contributed by atoms with Gasteiger partial charge in [0, 0.05) is 16.2 Å². The molecule has 2 heterocycles. The molecule has 0 unspecified atom stereocenters. The van der Waals surface area contributed by atoms with Gasteiger partial charge in [0.15, 0.2) is 0 Å². The van der Waals surface area contributed by atoms with Crippen LogP contribution in [0.3, 0.4) is 0 Å². The molecule has 3 aromatic carbocycles. The van der Waals surface area contributed by atoms with Crippen molar-refractivity contribution < 1.29 is 0 Å². The predicted molar refractivity (Wildman–Crippen MR) is 93.9 cm³/mol. The molecule has 0 saturated carbocycles. The lowest BCUT2D eigenvalue weighted by Crippen LogP contribution is -1.95. The molecule has 0 atom stereocenters. The molecule has 0 saturated heterocycles. The van der Waals surface area contributed by atoms with Crippen LogP contribution in [-0.2, 0) is 0 Å². The number of benzene rings is 3. The first-order valence-electron chi connectivity index (χ1n) is 7.60. The van der Waals surface area contributed by atoms with E-state index >= 15 is 0 Å². The molecule has 0 aliphatic carbocycles. The van der Waals surface area contributed by atoms with Crippen molar-refractivity contribution in [2.45, 2.75) is 0 Å². The molecule has 23 heavy (non-hydrogen) atoms. The SMILES string of the molecule is c1ccc2c(c1)ccc1c3ccccc3n(-c3cncnc3)c21. The van der Waals surface area contributed by atoms with E-state index in [4.69, 9.17) is 0 Å². The van der Waals surface area contributed by atoms with Crippen LogP contribution >= 0.6 is 0 Å². The first-order chi connectivity index (χ1) is 11.4. The lowest BCUT2D eigenvalue weighted by atomic mass is 10.1. The van der Waals surface area contributed by atoms with Gasteiger partial charge >= 0.3 is 0 Å². The van der Waals surface area contributed by atoms with Crippen molar-refractivity contribution in [1.29, 1.82) is 0 Å². The second kappa shape index (κ2) is 4.65. The van der Waals surface area contributed by atoms with Crippen molar-refractivity contribution in [2.75, 3.05) is 0 Å². The highest BCUT2D eigenvalue weighted by Gasteiger charge is 2.14. The summed E-state index contributed by atoms with van der Waals surface area (Å²) in [5, 5.41) is 4.98. The van der Waals surface area contributed by atoms with Gasteiger partial charge in [0.2, 0.25) is 0 Å². The predicted octanol–water partition coefficient (Wildman–Crippen LogP) is 4.73. The van der Waals surface area contributed by atoms with Gasteiger partial charge in [-0.2, -0.15) is 0 Å². The van der Waals surface area contributed by atoms with Crippen LogP contribution in [0.1, 0.15) is 0 Å². The molecule has 0 aliphatic heterocycles. The zero-order valence-corrected chi connectivity index (χ0v) is 12.3. The van der Waals surface area contributed by atoms with E-state index in [1.807, 2.05) is 12.4 Å². The minimum atomic E-state index is 0.982. The van der Waals surface area contributed by atoms with E-state index in [9.17, 15) is 0 Å². The fourth-order valence-corrected chi connectivity index (χ4v) is 3.41. The third-order valence-corrected chi connectivity index (χ3v) is 4.36. The molecule has 0 aliphatic rings. The fraction of sp³-hybridized carbons (Fsp3) is 0. The summed E-state index contributed by atoms with van der Waals surface area (Å²) < 4.78 is 2.26. The number of nitrogens with zero attached hydrogens (tertiary/aromatic N) is 3. The standard InChI is InChI=1S/C20H13N3/c1-2-6-16-14(5-1)9-10-18-17-7-3-4-8-19(17)23(20(16)18)15-11-21-13-22-12-15/h1-13H. The molecule has 0 amide bonds. The zero-order chi connectivity index (χ0) is 15.2. The summed E-state index contributed by atoms with van der Waals surface area (Å²) in [7, 11) is 0. The largest absolute Gasteiger partial charge is 0.306 e. The summed E-state index contributed by atoms with van der Waals surface area (Å²) in [6, 6.07) is 21.4. The number of hydrogen-bond acceptors (Lipinski definition) is 2. The van der Waals surface area contributed by atoms with E-state index in [1.54, 1.807) is 6.33 Å². The van der Waals surface area contributed by atoms with Gasteiger partial charge in [0.05, 0.1) is 29.1 Å². The summed E-state index contributed by atoms with van der Waals surface area (Å²) in [6.07, 6.45) is 5.29. The Balaban J connectivity index is 2.10. The van der Waals surface area contributed by atoms with Gasteiger partial charge in [-0.25, -0.2) is 9.97 Å².